The van der Waals surface area contributed by atoms with E-state index in [1.807, 2.05) is 86.8 Å². The molecule has 7 nitrogen and oxygen atoms in total. The predicted octanol–water partition coefficient (Wildman–Crippen LogP) is 7.31. The smallest absolute Gasteiger partial charge is 0.264 e. The number of carbonyl (C=O) groups is 2. The van der Waals surface area contributed by atoms with Gasteiger partial charge in [0.15, 0.2) is 0 Å². The lowest BCUT2D eigenvalue weighted by Gasteiger charge is -2.35. The molecule has 0 spiro atoms. The van der Waals surface area contributed by atoms with E-state index in [0.29, 0.717) is 12.1 Å². The summed E-state index contributed by atoms with van der Waals surface area (Å²) in [7, 11) is -4.15. The lowest BCUT2D eigenvalue weighted by atomic mass is 9.94. The first kappa shape index (κ1) is 35.2. The average molecular weight is 684 g/mol. The van der Waals surface area contributed by atoms with Crippen molar-refractivity contribution in [1.29, 1.82) is 0 Å². The fourth-order valence-corrected chi connectivity index (χ4v) is 8.01. The van der Waals surface area contributed by atoms with Crippen molar-refractivity contribution in [2.75, 3.05) is 17.1 Å². The van der Waals surface area contributed by atoms with Crippen molar-refractivity contribution in [2.24, 2.45) is 0 Å². The average Bonchev–Trinajstić information content (AvgIpc) is 3.10. The van der Waals surface area contributed by atoms with Gasteiger partial charge in [0.1, 0.15) is 12.6 Å². The zero-order valence-electron chi connectivity index (χ0n) is 28.0. The number of anilines is 1. The molecule has 1 fully saturated rings. The van der Waals surface area contributed by atoms with Gasteiger partial charge >= 0.3 is 0 Å². The second kappa shape index (κ2) is 16.3. The van der Waals surface area contributed by atoms with Crippen molar-refractivity contribution in [2.45, 2.75) is 80.8 Å². The molecule has 5 rings (SSSR count). The fourth-order valence-electron chi connectivity index (χ4n) is 6.18. The van der Waals surface area contributed by atoms with E-state index in [4.69, 9.17) is 0 Å². The Bertz CT molecular complexity index is 1770. The Morgan fingerprint density at radius 2 is 1.48 bits per heavy atom. The Hall–Kier alpha value is -4.08. The summed E-state index contributed by atoms with van der Waals surface area (Å²) >= 11 is 1.52. The van der Waals surface area contributed by atoms with Gasteiger partial charge < -0.3 is 10.2 Å². The van der Waals surface area contributed by atoms with Crippen molar-refractivity contribution in [3.63, 3.8) is 0 Å². The number of sulfonamides is 1. The number of hydrogen-bond donors (Lipinski definition) is 1. The molecule has 9 heteroatoms. The zero-order chi connectivity index (χ0) is 34.1. The molecule has 0 saturated heterocycles. The Kier molecular flexibility index (Phi) is 12.0. The van der Waals surface area contributed by atoms with Crippen molar-refractivity contribution in [1.82, 2.24) is 10.2 Å². The molecule has 0 aliphatic heterocycles. The quantitative estimate of drug-likeness (QED) is 0.150. The molecular weight excluding hydrogens is 639 g/mol. The molecule has 1 unspecified atom stereocenters. The van der Waals surface area contributed by atoms with Crippen molar-refractivity contribution in [3.05, 3.63) is 125 Å². The first-order valence-corrected chi connectivity index (χ1v) is 19.2. The Labute approximate surface area is 289 Å². The van der Waals surface area contributed by atoms with Crippen LogP contribution in [-0.2, 0) is 32.6 Å². The van der Waals surface area contributed by atoms with Crippen LogP contribution in [0.25, 0.3) is 0 Å². The molecule has 0 bridgehead atoms. The minimum atomic E-state index is -4.15. The summed E-state index contributed by atoms with van der Waals surface area (Å²) < 4.78 is 29.8. The Balaban J connectivity index is 1.56. The van der Waals surface area contributed by atoms with Gasteiger partial charge in [0.25, 0.3) is 10.0 Å². The summed E-state index contributed by atoms with van der Waals surface area (Å²) in [6.45, 7) is 3.60. The summed E-state index contributed by atoms with van der Waals surface area (Å²) in [5.74, 6) is -0.673. The molecule has 48 heavy (non-hydrogen) atoms. The number of nitrogens with zero attached hydrogens (tertiary/aromatic N) is 2. The molecule has 0 heterocycles. The highest BCUT2D eigenvalue weighted by atomic mass is 32.2. The number of hydrogen-bond acceptors (Lipinski definition) is 5. The number of nitrogens with one attached hydrogen (secondary N) is 1. The van der Waals surface area contributed by atoms with Gasteiger partial charge in [-0.2, -0.15) is 0 Å². The Morgan fingerprint density at radius 3 is 2.12 bits per heavy atom. The first-order valence-electron chi connectivity index (χ1n) is 16.6. The summed E-state index contributed by atoms with van der Waals surface area (Å²) in [6.07, 6.45) is 7.31. The minimum absolute atomic E-state index is 0.0497. The SMILES string of the molecule is CSc1ccc(S(=O)(=O)N(CC(=O)N(Cc2ccccc2C)C(Cc2ccccc2)C(=O)NC2CCCCC2)c2ccc(C)cc2)cc1. The normalized spacial score (nSPS) is 14.2. The summed E-state index contributed by atoms with van der Waals surface area (Å²) in [5.41, 5.74) is 4.14. The Morgan fingerprint density at radius 1 is 0.833 bits per heavy atom. The summed E-state index contributed by atoms with van der Waals surface area (Å²) in [4.78, 5) is 31.6. The van der Waals surface area contributed by atoms with Gasteiger partial charge in [0, 0.05) is 23.9 Å². The molecule has 4 aromatic carbocycles. The predicted molar refractivity (Wildman–Crippen MR) is 195 cm³/mol. The van der Waals surface area contributed by atoms with Crippen LogP contribution in [0.15, 0.2) is 113 Å². The number of thioether (sulfide) groups is 1. The molecule has 0 aromatic heterocycles. The molecule has 1 atom stereocenters. The number of carbonyl (C=O) groups excluding carboxylic acids is 2. The summed E-state index contributed by atoms with van der Waals surface area (Å²) in [6, 6.07) is 30.5. The number of benzene rings is 4. The van der Waals surface area contributed by atoms with Crippen LogP contribution in [0.5, 0.6) is 0 Å². The van der Waals surface area contributed by atoms with Crippen LogP contribution < -0.4 is 9.62 Å². The van der Waals surface area contributed by atoms with E-state index in [-0.39, 0.29) is 23.4 Å². The van der Waals surface area contributed by atoms with E-state index in [1.165, 1.54) is 16.1 Å². The van der Waals surface area contributed by atoms with Gasteiger partial charge in [0.2, 0.25) is 11.8 Å². The molecular formula is C39H45N3O4S2. The second-order valence-corrected chi connectivity index (χ2v) is 15.3. The highest BCUT2D eigenvalue weighted by Crippen LogP contribution is 2.27. The molecule has 4 aromatic rings. The molecule has 0 radical (unpaired) electrons. The first-order chi connectivity index (χ1) is 23.2. The summed E-state index contributed by atoms with van der Waals surface area (Å²) in [5, 5.41) is 3.27. The van der Waals surface area contributed by atoms with Crippen LogP contribution in [0.2, 0.25) is 0 Å². The van der Waals surface area contributed by atoms with Crippen LogP contribution in [0, 0.1) is 13.8 Å². The molecule has 1 aliphatic carbocycles. The third kappa shape index (κ3) is 8.88. The van der Waals surface area contributed by atoms with Crippen LogP contribution in [0.3, 0.4) is 0 Å². The lowest BCUT2D eigenvalue weighted by Crippen LogP contribution is -2.55. The van der Waals surface area contributed by atoms with Gasteiger partial charge in [-0.25, -0.2) is 8.42 Å². The monoisotopic (exact) mass is 683 g/mol. The van der Waals surface area contributed by atoms with Crippen LogP contribution >= 0.6 is 11.8 Å². The van der Waals surface area contributed by atoms with Crippen molar-refractivity contribution >= 4 is 39.3 Å². The van der Waals surface area contributed by atoms with Crippen LogP contribution in [0.4, 0.5) is 5.69 Å². The number of rotatable bonds is 13. The third-order valence-electron chi connectivity index (χ3n) is 9.07. The fraction of sp³-hybridized carbons (Fsp3) is 0.333. The third-order valence-corrected chi connectivity index (χ3v) is 11.6. The standard InChI is InChI=1S/C39H45N3O4S2/c1-29-18-20-34(21-19-29)42(48(45,46)36-24-22-35(47-3)23-25-36)28-38(43)41(27-32-15-11-10-12-30(32)2)37(26-31-13-6-4-7-14-31)39(44)40-33-16-8-5-9-17-33/h4,6-7,10-15,18-25,33,37H,5,8-9,16-17,26-28H2,1-3H3,(H,40,44). The molecule has 2 amide bonds. The van der Waals surface area contributed by atoms with E-state index >= 15 is 0 Å². The maximum Gasteiger partial charge on any atom is 0.264 e. The maximum atomic E-state index is 14.8. The maximum absolute atomic E-state index is 14.8. The van der Waals surface area contributed by atoms with E-state index in [9.17, 15) is 18.0 Å². The topological polar surface area (TPSA) is 86.8 Å². The van der Waals surface area contributed by atoms with Gasteiger partial charge in [-0.15, -0.1) is 11.8 Å². The molecule has 252 valence electrons. The number of aryl methyl sites for hydroxylation is 2. The van der Waals surface area contributed by atoms with E-state index in [0.717, 1.165) is 59.3 Å². The van der Waals surface area contributed by atoms with Crippen molar-refractivity contribution < 1.29 is 18.0 Å². The highest BCUT2D eigenvalue weighted by Gasteiger charge is 2.35. The largest absolute Gasteiger partial charge is 0.352 e. The number of amides is 2. The van der Waals surface area contributed by atoms with Crippen molar-refractivity contribution in [3.8, 4) is 0 Å². The molecule has 1 aliphatic rings. The lowest BCUT2D eigenvalue weighted by molar-refractivity contribution is -0.140. The van der Waals surface area contributed by atoms with E-state index in [1.54, 1.807) is 41.3 Å². The molecule has 1 N–H and O–H groups in total. The second-order valence-electron chi connectivity index (χ2n) is 12.5. The van der Waals surface area contributed by atoms with Crippen LogP contribution in [0.1, 0.15) is 54.4 Å². The van der Waals surface area contributed by atoms with Gasteiger partial charge in [-0.05, 0) is 86.0 Å². The van der Waals surface area contributed by atoms with E-state index in [2.05, 4.69) is 5.32 Å². The van der Waals surface area contributed by atoms with Gasteiger partial charge in [-0.3, -0.25) is 13.9 Å². The molecule has 1 saturated carbocycles. The van der Waals surface area contributed by atoms with Crippen LogP contribution in [-0.4, -0.2) is 50.0 Å². The van der Waals surface area contributed by atoms with Gasteiger partial charge in [-0.1, -0.05) is 91.6 Å². The van der Waals surface area contributed by atoms with E-state index < -0.39 is 28.5 Å². The highest BCUT2D eigenvalue weighted by molar-refractivity contribution is 7.98. The minimum Gasteiger partial charge on any atom is -0.352 e. The van der Waals surface area contributed by atoms with Gasteiger partial charge in [0.05, 0.1) is 10.6 Å². The zero-order valence-corrected chi connectivity index (χ0v) is 29.6.